The highest BCUT2D eigenvalue weighted by molar-refractivity contribution is 5.69. The third-order valence-corrected chi connectivity index (χ3v) is 2.09. The summed E-state index contributed by atoms with van der Waals surface area (Å²) >= 11 is 0. The van der Waals surface area contributed by atoms with E-state index in [0.717, 1.165) is 0 Å². The fourth-order valence-corrected chi connectivity index (χ4v) is 0.878. The van der Waals surface area contributed by atoms with E-state index in [1.165, 1.54) is 18.6 Å². The van der Waals surface area contributed by atoms with Crippen molar-refractivity contribution in [2.45, 2.75) is 19.9 Å². The van der Waals surface area contributed by atoms with Crippen LogP contribution in [-0.2, 0) is 4.79 Å². The minimum Gasteiger partial charge on any atom is -0.550 e. The number of carbonyl (C=O) groups is 1. The van der Waals surface area contributed by atoms with Crippen molar-refractivity contribution in [1.82, 2.24) is 0 Å². The van der Waals surface area contributed by atoms with Crippen molar-refractivity contribution in [3.8, 4) is 0 Å². The van der Waals surface area contributed by atoms with Crippen molar-refractivity contribution in [2.24, 2.45) is 5.92 Å². The first kappa shape index (κ1) is 14.4. The lowest BCUT2D eigenvalue weighted by molar-refractivity contribution is -0.420. The standard InChI is InChI=1S/C8H11N.C5H8O2/c1-7(9)8-5-3-2-4-6-8;1-3-4(2)5(6)7/h2-7H,9H2,1H3;3-4H,1H2,2H3,(H,6,7)/t7-;4-/m10/s1. The van der Waals surface area contributed by atoms with Crippen LogP contribution in [0.1, 0.15) is 25.5 Å². The quantitative estimate of drug-likeness (QED) is 0.757. The molecule has 0 spiro atoms. The minimum atomic E-state index is -1.07. The zero-order chi connectivity index (χ0) is 12.6. The molecule has 3 N–H and O–H groups in total. The SMILES string of the molecule is C=C[C@H](C)C(=O)[O-].C[C@@H]([NH3+])c1ccccc1. The maximum absolute atomic E-state index is 9.75. The van der Waals surface area contributed by atoms with Gasteiger partial charge in [0.2, 0.25) is 0 Å². The van der Waals surface area contributed by atoms with Gasteiger partial charge in [0.1, 0.15) is 6.04 Å². The van der Waals surface area contributed by atoms with Crippen LogP contribution in [0.5, 0.6) is 0 Å². The smallest absolute Gasteiger partial charge is 0.107 e. The molecule has 16 heavy (non-hydrogen) atoms. The predicted molar refractivity (Wildman–Crippen MR) is 62.1 cm³/mol. The maximum Gasteiger partial charge on any atom is 0.107 e. The fourth-order valence-electron chi connectivity index (χ4n) is 0.878. The summed E-state index contributed by atoms with van der Waals surface area (Å²) in [5, 5.41) is 9.75. The van der Waals surface area contributed by atoms with Crippen LogP contribution >= 0.6 is 0 Å². The second kappa shape index (κ2) is 7.65. The number of rotatable bonds is 3. The van der Waals surface area contributed by atoms with Gasteiger partial charge in [0.25, 0.3) is 0 Å². The molecule has 0 aliphatic carbocycles. The Kier molecular flexibility index (Phi) is 6.88. The van der Waals surface area contributed by atoms with Crippen LogP contribution in [0, 0.1) is 5.92 Å². The zero-order valence-electron chi connectivity index (χ0n) is 9.85. The molecule has 2 atom stereocenters. The maximum atomic E-state index is 9.75. The molecule has 0 saturated heterocycles. The van der Waals surface area contributed by atoms with Crippen molar-refractivity contribution in [1.29, 1.82) is 0 Å². The number of aliphatic carboxylic acids is 1. The van der Waals surface area contributed by atoms with Crippen LogP contribution in [0.2, 0.25) is 0 Å². The molecule has 0 fully saturated rings. The van der Waals surface area contributed by atoms with Crippen molar-refractivity contribution in [2.75, 3.05) is 0 Å². The molecule has 0 heterocycles. The minimum absolute atomic E-state index is 0.409. The number of carbonyl (C=O) groups excluding carboxylic acids is 1. The van der Waals surface area contributed by atoms with E-state index >= 15 is 0 Å². The highest BCUT2D eigenvalue weighted by Crippen LogP contribution is 2.04. The third kappa shape index (κ3) is 5.98. The topological polar surface area (TPSA) is 67.8 Å². The molecular weight excluding hydrogens is 202 g/mol. The molecule has 0 saturated carbocycles. The first-order chi connectivity index (χ1) is 7.49. The van der Waals surface area contributed by atoms with Crippen molar-refractivity contribution in [3.63, 3.8) is 0 Å². The van der Waals surface area contributed by atoms with E-state index in [1.54, 1.807) is 0 Å². The summed E-state index contributed by atoms with van der Waals surface area (Å²) in [5.74, 6) is -1.60. The molecule has 3 heteroatoms. The van der Waals surface area contributed by atoms with Gasteiger partial charge in [-0.3, -0.25) is 0 Å². The van der Waals surface area contributed by atoms with Crippen LogP contribution in [0.3, 0.4) is 0 Å². The molecule has 0 aromatic heterocycles. The third-order valence-electron chi connectivity index (χ3n) is 2.09. The van der Waals surface area contributed by atoms with Crippen molar-refractivity contribution < 1.29 is 15.6 Å². The molecule has 0 bridgehead atoms. The molecule has 0 amide bonds. The summed E-state index contributed by atoms with van der Waals surface area (Å²) in [6.45, 7) is 6.87. The van der Waals surface area contributed by atoms with Gasteiger partial charge >= 0.3 is 0 Å². The van der Waals surface area contributed by atoms with Gasteiger partial charge in [0.05, 0.1) is 0 Å². The van der Waals surface area contributed by atoms with Crippen LogP contribution in [0.25, 0.3) is 0 Å². The summed E-state index contributed by atoms with van der Waals surface area (Å²) in [5.41, 5.74) is 5.21. The summed E-state index contributed by atoms with van der Waals surface area (Å²) in [7, 11) is 0. The van der Waals surface area contributed by atoms with Gasteiger partial charge in [-0.25, -0.2) is 0 Å². The van der Waals surface area contributed by atoms with Crippen LogP contribution in [0.15, 0.2) is 43.0 Å². The molecule has 3 nitrogen and oxygen atoms in total. The van der Waals surface area contributed by atoms with Crippen LogP contribution < -0.4 is 10.8 Å². The van der Waals surface area contributed by atoms with E-state index in [2.05, 4.69) is 31.4 Å². The molecule has 1 aromatic rings. The first-order valence-corrected chi connectivity index (χ1v) is 5.20. The van der Waals surface area contributed by atoms with E-state index in [-0.39, 0.29) is 0 Å². The van der Waals surface area contributed by atoms with E-state index in [9.17, 15) is 9.90 Å². The summed E-state index contributed by atoms with van der Waals surface area (Å²) in [4.78, 5) is 9.75. The fraction of sp³-hybridized carbons (Fsp3) is 0.308. The Morgan fingerprint density at radius 3 is 2.06 bits per heavy atom. The number of carboxylic acid groups (broad SMARTS) is 1. The summed E-state index contributed by atoms with van der Waals surface area (Å²) in [6.07, 6.45) is 1.33. The lowest BCUT2D eigenvalue weighted by Gasteiger charge is -2.03. The molecule has 88 valence electrons. The van der Waals surface area contributed by atoms with Gasteiger partial charge in [0, 0.05) is 17.5 Å². The van der Waals surface area contributed by atoms with E-state index in [0.29, 0.717) is 6.04 Å². The van der Waals surface area contributed by atoms with Crippen LogP contribution in [-0.4, -0.2) is 5.97 Å². The second-order valence-electron chi connectivity index (χ2n) is 3.66. The largest absolute Gasteiger partial charge is 0.550 e. The molecule has 1 rings (SSSR count). The molecular formula is C13H19NO2. The van der Waals surface area contributed by atoms with E-state index < -0.39 is 11.9 Å². The van der Waals surface area contributed by atoms with Crippen molar-refractivity contribution >= 4 is 5.97 Å². The molecule has 0 aliphatic rings. The number of hydrogen-bond donors (Lipinski definition) is 1. The highest BCUT2D eigenvalue weighted by Gasteiger charge is 1.97. The van der Waals surface area contributed by atoms with Gasteiger partial charge in [-0.2, -0.15) is 0 Å². The Morgan fingerprint density at radius 1 is 1.38 bits per heavy atom. The average molecular weight is 221 g/mol. The van der Waals surface area contributed by atoms with Gasteiger partial charge in [-0.15, -0.1) is 6.58 Å². The monoisotopic (exact) mass is 221 g/mol. The number of carboxylic acids is 1. The Hall–Kier alpha value is -1.61. The van der Waals surface area contributed by atoms with Crippen molar-refractivity contribution in [3.05, 3.63) is 48.6 Å². The van der Waals surface area contributed by atoms with E-state index in [4.69, 9.17) is 0 Å². The highest BCUT2D eigenvalue weighted by atomic mass is 16.4. The van der Waals surface area contributed by atoms with Gasteiger partial charge in [-0.1, -0.05) is 43.3 Å². The Balaban J connectivity index is 0.000000293. The second-order valence-corrected chi connectivity index (χ2v) is 3.66. The number of hydrogen-bond acceptors (Lipinski definition) is 2. The predicted octanol–water partition coefficient (Wildman–Crippen LogP) is 0.548. The zero-order valence-corrected chi connectivity index (χ0v) is 9.85. The van der Waals surface area contributed by atoms with E-state index in [1.807, 2.05) is 18.2 Å². The number of benzene rings is 1. The normalized spacial score (nSPS) is 12.9. The molecule has 0 aliphatic heterocycles. The Morgan fingerprint density at radius 2 is 1.88 bits per heavy atom. The first-order valence-electron chi connectivity index (χ1n) is 5.20. The summed E-state index contributed by atoms with van der Waals surface area (Å²) in [6, 6.07) is 10.7. The number of quaternary nitrogens is 1. The molecule has 0 radical (unpaired) electrons. The lowest BCUT2D eigenvalue weighted by Crippen LogP contribution is -2.51. The molecule has 0 unspecified atom stereocenters. The Labute approximate surface area is 96.6 Å². The molecule has 1 aromatic carbocycles. The van der Waals surface area contributed by atoms with Gasteiger partial charge in [-0.05, 0) is 6.92 Å². The lowest BCUT2D eigenvalue weighted by atomic mass is 10.1. The Bertz CT molecular complexity index is 320. The van der Waals surface area contributed by atoms with Crippen LogP contribution in [0.4, 0.5) is 0 Å². The van der Waals surface area contributed by atoms with Gasteiger partial charge in [0.15, 0.2) is 0 Å². The average Bonchev–Trinajstić information content (AvgIpc) is 2.29. The van der Waals surface area contributed by atoms with Gasteiger partial charge < -0.3 is 15.6 Å². The summed E-state index contributed by atoms with van der Waals surface area (Å²) < 4.78 is 0.